The quantitative estimate of drug-likeness (QED) is 0.733. The van der Waals surface area contributed by atoms with Crippen LogP contribution in [-0.2, 0) is 9.59 Å². The van der Waals surface area contributed by atoms with Gasteiger partial charge in [0.25, 0.3) is 5.91 Å². The summed E-state index contributed by atoms with van der Waals surface area (Å²) in [6.45, 7) is 3.25. The molecule has 2 aliphatic heterocycles. The van der Waals surface area contributed by atoms with Gasteiger partial charge in [0.05, 0.1) is 5.60 Å². The molecule has 2 N–H and O–H groups in total. The average Bonchev–Trinajstić information content (AvgIpc) is 3.04. The summed E-state index contributed by atoms with van der Waals surface area (Å²) in [5.41, 5.74) is -0.443. The lowest BCUT2D eigenvalue weighted by atomic mass is 9.80. The standard InChI is InChI=1S/C15H23N3O3S/c1-11-4-2-7-17(11)13(20)12-8-22-14(16-10-19)18(12)9-15(21)5-3-6-15/h8,10-11,14,21H,2-7,9H2,1H3,(H,16,19)/t11?,14-/m0/s1. The van der Waals surface area contributed by atoms with Gasteiger partial charge in [-0.25, -0.2) is 0 Å². The van der Waals surface area contributed by atoms with E-state index >= 15 is 0 Å². The van der Waals surface area contributed by atoms with E-state index in [0.29, 0.717) is 18.7 Å². The van der Waals surface area contributed by atoms with Gasteiger partial charge in [0.1, 0.15) is 5.70 Å². The molecule has 0 aromatic rings. The summed E-state index contributed by atoms with van der Waals surface area (Å²) >= 11 is 1.41. The van der Waals surface area contributed by atoms with Crippen LogP contribution in [0.2, 0.25) is 0 Å². The van der Waals surface area contributed by atoms with Crippen molar-refractivity contribution in [2.75, 3.05) is 13.1 Å². The Morgan fingerprint density at radius 2 is 2.32 bits per heavy atom. The number of amides is 2. The van der Waals surface area contributed by atoms with Crippen LogP contribution in [-0.4, -0.2) is 57.5 Å². The number of rotatable bonds is 5. The lowest BCUT2D eigenvalue weighted by Gasteiger charge is -2.42. The van der Waals surface area contributed by atoms with Crippen LogP contribution in [0.4, 0.5) is 0 Å². The van der Waals surface area contributed by atoms with Gasteiger partial charge in [-0.15, -0.1) is 0 Å². The predicted molar refractivity (Wildman–Crippen MR) is 84.6 cm³/mol. The van der Waals surface area contributed by atoms with Gasteiger partial charge in [0.15, 0.2) is 5.50 Å². The fourth-order valence-electron chi connectivity index (χ4n) is 3.37. The summed E-state index contributed by atoms with van der Waals surface area (Å²) in [4.78, 5) is 27.4. The Morgan fingerprint density at radius 3 is 2.86 bits per heavy atom. The molecule has 0 spiro atoms. The SMILES string of the molecule is CC1CCCN1C(=O)C1=CS[C@@H](NC=O)N1CC1(O)CCC1. The maximum absolute atomic E-state index is 12.8. The van der Waals surface area contributed by atoms with Gasteiger partial charge in [-0.3, -0.25) is 9.59 Å². The fraction of sp³-hybridized carbons (Fsp3) is 0.733. The van der Waals surface area contributed by atoms with Crippen molar-refractivity contribution in [1.29, 1.82) is 0 Å². The maximum atomic E-state index is 12.8. The number of aliphatic hydroxyl groups is 1. The second-order valence-corrected chi connectivity index (χ2v) is 7.43. The number of β-amino-alcohol motifs (C(OH)–C–C–N with tert-alkyl or cyclic N) is 1. The largest absolute Gasteiger partial charge is 0.388 e. The number of hydrogen-bond acceptors (Lipinski definition) is 5. The lowest BCUT2D eigenvalue weighted by Crippen LogP contribution is -2.53. The van der Waals surface area contributed by atoms with Gasteiger partial charge in [-0.05, 0) is 39.0 Å². The second-order valence-electron chi connectivity index (χ2n) is 6.47. The maximum Gasteiger partial charge on any atom is 0.271 e. The molecule has 22 heavy (non-hydrogen) atoms. The van der Waals surface area contributed by atoms with Crippen LogP contribution in [0.15, 0.2) is 11.1 Å². The van der Waals surface area contributed by atoms with Crippen molar-refractivity contribution in [2.45, 2.75) is 56.2 Å². The van der Waals surface area contributed by atoms with Gasteiger partial charge in [0.2, 0.25) is 6.41 Å². The van der Waals surface area contributed by atoms with E-state index < -0.39 is 5.60 Å². The highest BCUT2D eigenvalue weighted by atomic mass is 32.2. The Labute approximate surface area is 134 Å². The Hall–Kier alpha value is -1.21. The second kappa shape index (κ2) is 6.12. The Morgan fingerprint density at radius 1 is 1.55 bits per heavy atom. The van der Waals surface area contributed by atoms with Crippen molar-refractivity contribution >= 4 is 24.1 Å². The van der Waals surface area contributed by atoms with E-state index in [-0.39, 0.29) is 17.4 Å². The number of thioether (sulfide) groups is 1. The zero-order valence-electron chi connectivity index (χ0n) is 12.8. The summed E-state index contributed by atoms with van der Waals surface area (Å²) in [6.07, 6.45) is 5.24. The van der Waals surface area contributed by atoms with Crippen molar-refractivity contribution in [1.82, 2.24) is 15.1 Å². The first-order valence-electron chi connectivity index (χ1n) is 7.89. The summed E-state index contributed by atoms with van der Waals surface area (Å²) < 4.78 is 0. The van der Waals surface area contributed by atoms with E-state index in [9.17, 15) is 14.7 Å². The minimum atomic E-state index is -0.732. The van der Waals surface area contributed by atoms with Crippen LogP contribution in [0.5, 0.6) is 0 Å². The zero-order valence-corrected chi connectivity index (χ0v) is 13.6. The van der Waals surface area contributed by atoms with E-state index in [1.807, 2.05) is 15.2 Å². The molecule has 2 atom stereocenters. The van der Waals surface area contributed by atoms with Gasteiger partial charge < -0.3 is 20.2 Å². The van der Waals surface area contributed by atoms with Crippen molar-refractivity contribution in [3.63, 3.8) is 0 Å². The van der Waals surface area contributed by atoms with Crippen molar-refractivity contribution < 1.29 is 14.7 Å². The summed E-state index contributed by atoms with van der Waals surface area (Å²) in [5.74, 6) is 0.00984. The van der Waals surface area contributed by atoms with E-state index in [1.165, 1.54) is 11.8 Å². The highest BCUT2D eigenvalue weighted by Crippen LogP contribution is 2.38. The number of hydrogen-bond donors (Lipinski definition) is 2. The van der Waals surface area contributed by atoms with E-state index in [4.69, 9.17) is 0 Å². The van der Waals surface area contributed by atoms with Crippen LogP contribution in [0.25, 0.3) is 0 Å². The third kappa shape index (κ3) is 2.84. The zero-order chi connectivity index (χ0) is 15.7. The van der Waals surface area contributed by atoms with Crippen molar-refractivity contribution in [3.05, 3.63) is 11.1 Å². The first-order chi connectivity index (χ1) is 10.5. The topological polar surface area (TPSA) is 72.9 Å². The molecular formula is C15H23N3O3S. The van der Waals surface area contributed by atoms with Crippen LogP contribution < -0.4 is 5.32 Å². The molecule has 2 heterocycles. The normalized spacial score (nSPS) is 30.0. The van der Waals surface area contributed by atoms with Crippen LogP contribution in [0.1, 0.15) is 39.0 Å². The number of carbonyl (C=O) groups excluding carboxylic acids is 2. The molecule has 1 unspecified atom stereocenters. The molecule has 3 aliphatic rings. The molecule has 2 fully saturated rings. The van der Waals surface area contributed by atoms with Crippen molar-refractivity contribution in [3.8, 4) is 0 Å². The van der Waals surface area contributed by atoms with E-state index in [0.717, 1.165) is 38.6 Å². The highest BCUT2D eigenvalue weighted by Gasteiger charge is 2.42. The van der Waals surface area contributed by atoms with Gasteiger partial charge >= 0.3 is 0 Å². The minimum Gasteiger partial charge on any atom is -0.388 e. The molecule has 6 nitrogen and oxygen atoms in total. The van der Waals surface area contributed by atoms with Gasteiger partial charge in [-0.1, -0.05) is 11.8 Å². The number of nitrogens with one attached hydrogen (secondary N) is 1. The monoisotopic (exact) mass is 325 g/mol. The van der Waals surface area contributed by atoms with Crippen molar-refractivity contribution in [2.24, 2.45) is 0 Å². The Kier molecular flexibility index (Phi) is 4.36. The molecule has 1 aliphatic carbocycles. The minimum absolute atomic E-state index is 0.00984. The highest BCUT2D eigenvalue weighted by molar-refractivity contribution is 8.02. The van der Waals surface area contributed by atoms with E-state index in [2.05, 4.69) is 12.2 Å². The third-order valence-corrected chi connectivity index (χ3v) is 5.90. The molecule has 1 saturated heterocycles. The molecule has 0 aromatic heterocycles. The predicted octanol–water partition coefficient (Wildman–Crippen LogP) is 0.832. The molecule has 0 radical (unpaired) electrons. The average molecular weight is 325 g/mol. The molecule has 1 saturated carbocycles. The molecule has 3 rings (SSSR count). The number of likely N-dealkylation sites (tertiary alicyclic amines) is 1. The first kappa shape index (κ1) is 15.7. The Bertz CT molecular complexity index is 492. The Balaban J connectivity index is 1.75. The van der Waals surface area contributed by atoms with Gasteiger partial charge in [-0.2, -0.15) is 0 Å². The van der Waals surface area contributed by atoms with Crippen LogP contribution in [0.3, 0.4) is 0 Å². The van der Waals surface area contributed by atoms with Gasteiger partial charge in [0, 0.05) is 24.5 Å². The fourth-order valence-corrected chi connectivity index (χ4v) is 4.33. The smallest absolute Gasteiger partial charge is 0.271 e. The molecule has 0 bridgehead atoms. The summed E-state index contributed by atoms with van der Waals surface area (Å²) in [7, 11) is 0. The van der Waals surface area contributed by atoms with Crippen LogP contribution in [0, 0.1) is 0 Å². The molecular weight excluding hydrogens is 302 g/mol. The van der Waals surface area contributed by atoms with E-state index in [1.54, 1.807) is 0 Å². The number of carbonyl (C=O) groups is 2. The van der Waals surface area contributed by atoms with Crippen LogP contribution >= 0.6 is 11.8 Å². The summed E-state index contributed by atoms with van der Waals surface area (Å²) in [5, 5.41) is 15.0. The molecule has 0 aromatic carbocycles. The molecule has 122 valence electrons. The number of nitrogens with zero attached hydrogens (tertiary/aromatic N) is 2. The third-order valence-electron chi connectivity index (χ3n) is 4.89. The molecule has 7 heteroatoms. The summed E-state index contributed by atoms with van der Waals surface area (Å²) in [6, 6.07) is 0.255. The lowest BCUT2D eigenvalue weighted by molar-refractivity contribution is -0.130. The first-order valence-corrected chi connectivity index (χ1v) is 8.84. The molecule has 2 amide bonds.